The standard InChI is InChI=1S/C20H25BO6/c1-19(2)7-4-8-20(3)13(19)6-5-11(22)18-14(20)10-9-12(23)16(24)15(21(25)26)17(10)27-18/h9,13,23-26H,4-8H2,1-3H3. The Balaban J connectivity index is 2.10. The molecule has 1 fully saturated rings. The summed E-state index contributed by atoms with van der Waals surface area (Å²) in [7, 11) is -2.03. The Hall–Kier alpha value is -1.99. The van der Waals surface area contributed by atoms with E-state index in [2.05, 4.69) is 20.8 Å². The first-order chi connectivity index (χ1) is 12.6. The molecule has 0 amide bonds. The van der Waals surface area contributed by atoms with Gasteiger partial charge < -0.3 is 24.7 Å². The van der Waals surface area contributed by atoms with Crippen LogP contribution in [0.25, 0.3) is 11.0 Å². The summed E-state index contributed by atoms with van der Waals surface area (Å²) in [4.78, 5) is 12.9. The van der Waals surface area contributed by atoms with Crippen LogP contribution in [-0.2, 0) is 5.41 Å². The van der Waals surface area contributed by atoms with Gasteiger partial charge in [-0.15, -0.1) is 0 Å². The molecule has 2 atom stereocenters. The number of hydrogen-bond acceptors (Lipinski definition) is 6. The van der Waals surface area contributed by atoms with Crippen molar-refractivity contribution in [3.05, 3.63) is 17.4 Å². The molecule has 0 bridgehead atoms. The maximum atomic E-state index is 12.9. The summed E-state index contributed by atoms with van der Waals surface area (Å²) in [5.41, 5.74) is 0.201. The molecule has 27 heavy (non-hydrogen) atoms. The Morgan fingerprint density at radius 1 is 1.19 bits per heavy atom. The van der Waals surface area contributed by atoms with Crippen LogP contribution in [0.1, 0.15) is 69.0 Å². The van der Waals surface area contributed by atoms with Crippen molar-refractivity contribution >= 4 is 29.3 Å². The number of furan rings is 1. The van der Waals surface area contributed by atoms with E-state index in [9.17, 15) is 25.1 Å². The number of hydrogen-bond donors (Lipinski definition) is 4. The van der Waals surface area contributed by atoms with Crippen molar-refractivity contribution in [1.82, 2.24) is 0 Å². The van der Waals surface area contributed by atoms with E-state index in [0.717, 1.165) is 31.2 Å². The van der Waals surface area contributed by atoms with Gasteiger partial charge in [0, 0.05) is 22.8 Å². The summed E-state index contributed by atoms with van der Waals surface area (Å²) in [6.07, 6.45) is 4.12. The molecule has 1 heterocycles. The number of phenols is 2. The number of carbonyl (C=O) groups is 1. The van der Waals surface area contributed by atoms with Gasteiger partial charge in [0.1, 0.15) is 5.58 Å². The van der Waals surface area contributed by atoms with Gasteiger partial charge in [-0.25, -0.2) is 0 Å². The summed E-state index contributed by atoms with van der Waals surface area (Å²) < 4.78 is 5.85. The van der Waals surface area contributed by atoms with E-state index in [1.54, 1.807) is 0 Å². The van der Waals surface area contributed by atoms with E-state index >= 15 is 0 Å². The van der Waals surface area contributed by atoms with Gasteiger partial charge in [0.2, 0.25) is 0 Å². The van der Waals surface area contributed by atoms with Crippen molar-refractivity contribution in [2.45, 2.75) is 58.3 Å². The summed E-state index contributed by atoms with van der Waals surface area (Å²) >= 11 is 0. The minimum absolute atomic E-state index is 0.0524. The molecular formula is C20H25BO6. The van der Waals surface area contributed by atoms with Crippen molar-refractivity contribution in [3.63, 3.8) is 0 Å². The van der Waals surface area contributed by atoms with Crippen LogP contribution in [0.15, 0.2) is 10.5 Å². The third-order valence-corrected chi connectivity index (χ3v) is 6.94. The van der Waals surface area contributed by atoms with Crippen LogP contribution >= 0.6 is 0 Å². The molecule has 144 valence electrons. The Labute approximate surface area is 158 Å². The molecule has 4 rings (SSSR count). The van der Waals surface area contributed by atoms with Crippen LogP contribution < -0.4 is 5.46 Å². The highest BCUT2D eigenvalue weighted by molar-refractivity contribution is 6.63. The first-order valence-electron chi connectivity index (χ1n) is 9.49. The highest BCUT2D eigenvalue weighted by atomic mass is 16.4. The van der Waals surface area contributed by atoms with Crippen LogP contribution in [0.2, 0.25) is 0 Å². The predicted molar refractivity (Wildman–Crippen MR) is 101 cm³/mol. The first kappa shape index (κ1) is 18.4. The largest absolute Gasteiger partial charge is 0.504 e. The van der Waals surface area contributed by atoms with Gasteiger partial charge in [-0.2, -0.15) is 0 Å². The molecule has 7 heteroatoms. The second-order valence-corrected chi connectivity index (χ2v) is 8.99. The normalized spacial score (nSPS) is 27.1. The van der Waals surface area contributed by atoms with Crippen LogP contribution in [0.4, 0.5) is 0 Å². The molecule has 2 unspecified atom stereocenters. The van der Waals surface area contributed by atoms with Gasteiger partial charge in [0.05, 0.1) is 5.46 Å². The number of ketones is 1. The molecule has 6 nitrogen and oxygen atoms in total. The Bertz CT molecular complexity index is 944. The van der Waals surface area contributed by atoms with E-state index in [0.29, 0.717) is 11.8 Å². The predicted octanol–water partition coefficient (Wildman–Crippen LogP) is 2.58. The highest BCUT2D eigenvalue weighted by Gasteiger charge is 2.52. The van der Waals surface area contributed by atoms with Gasteiger partial charge in [-0.1, -0.05) is 27.2 Å². The van der Waals surface area contributed by atoms with Crippen LogP contribution in [0.3, 0.4) is 0 Å². The van der Waals surface area contributed by atoms with E-state index in [1.807, 2.05) is 0 Å². The second kappa shape index (κ2) is 5.75. The smallest absolute Gasteiger partial charge is 0.496 e. The number of fused-ring (bicyclic) bond motifs is 5. The molecule has 4 N–H and O–H groups in total. The molecule has 1 aromatic heterocycles. The summed E-state index contributed by atoms with van der Waals surface area (Å²) in [5.74, 6) is -0.742. The third kappa shape index (κ3) is 2.44. The molecule has 1 aromatic carbocycles. The zero-order valence-corrected chi connectivity index (χ0v) is 15.9. The minimum Gasteiger partial charge on any atom is -0.504 e. The SMILES string of the molecule is CC1(C)CCCC2(C)c3c(oc4c(B(O)O)c(O)c(O)cc34)C(=O)CCC12. The number of carbonyl (C=O) groups excluding carboxylic acids is 1. The lowest BCUT2D eigenvalue weighted by molar-refractivity contribution is 0.0504. The maximum Gasteiger partial charge on any atom is 0.496 e. The number of aromatic hydroxyl groups is 2. The fraction of sp³-hybridized carbons (Fsp3) is 0.550. The van der Waals surface area contributed by atoms with Gasteiger partial charge in [-0.3, -0.25) is 4.79 Å². The third-order valence-electron chi connectivity index (χ3n) is 6.94. The fourth-order valence-corrected chi connectivity index (χ4v) is 5.75. The molecule has 2 aliphatic carbocycles. The summed E-state index contributed by atoms with van der Waals surface area (Å²) in [5, 5.41) is 40.2. The summed E-state index contributed by atoms with van der Waals surface area (Å²) in [6.45, 7) is 6.61. The molecule has 2 aliphatic rings. The monoisotopic (exact) mass is 372 g/mol. The van der Waals surface area contributed by atoms with Crippen molar-refractivity contribution < 1.29 is 29.5 Å². The van der Waals surface area contributed by atoms with E-state index in [1.165, 1.54) is 6.07 Å². The Morgan fingerprint density at radius 2 is 1.89 bits per heavy atom. The van der Waals surface area contributed by atoms with E-state index in [-0.39, 0.29) is 39.3 Å². The zero-order valence-electron chi connectivity index (χ0n) is 15.9. The lowest BCUT2D eigenvalue weighted by atomic mass is 9.53. The number of rotatable bonds is 1. The Morgan fingerprint density at radius 3 is 2.56 bits per heavy atom. The zero-order chi connectivity index (χ0) is 19.7. The first-order valence-corrected chi connectivity index (χ1v) is 9.49. The van der Waals surface area contributed by atoms with E-state index in [4.69, 9.17) is 4.42 Å². The van der Waals surface area contributed by atoms with Crippen molar-refractivity contribution in [2.24, 2.45) is 11.3 Å². The number of Topliss-reactive ketones (excluding diaryl/α,β-unsaturated/α-hetero) is 1. The Kier molecular flexibility index (Phi) is 3.92. The van der Waals surface area contributed by atoms with Crippen LogP contribution in [-0.4, -0.2) is 33.2 Å². The minimum atomic E-state index is -2.03. The number of phenolic OH excluding ortho intramolecular Hbond substituents is 2. The van der Waals surface area contributed by atoms with Gasteiger partial charge in [0.15, 0.2) is 23.0 Å². The topological polar surface area (TPSA) is 111 Å². The average Bonchev–Trinajstić information content (AvgIpc) is 2.88. The molecule has 0 saturated heterocycles. The molecule has 0 radical (unpaired) electrons. The van der Waals surface area contributed by atoms with Gasteiger partial charge in [0.25, 0.3) is 0 Å². The lowest BCUT2D eigenvalue weighted by Crippen LogP contribution is -2.44. The average molecular weight is 372 g/mol. The van der Waals surface area contributed by atoms with E-state index < -0.39 is 18.6 Å². The summed E-state index contributed by atoms with van der Waals surface area (Å²) in [6, 6.07) is 1.38. The highest BCUT2D eigenvalue weighted by Crippen LogP contribution is 2.58. The quantitative estimate of drug-likeness (QED) is 0.452. The second-order valence-electron chi connectivity index (χ2n) is 8.99. The molecule has 2 aromatic rings. The van der Waals surface area contributed by atoms with Gasteiger partial charge in [-0.05, 0) is 36.7 Å². The fourth-order valence-electron chi connectivity index (χ4n) is 5.75. The number of benzene rings is 1. The van der Waals surface area contributed by atoms with Crippen molar-refractivity contribution in [2.75, 3.05) is 0 Å². The van der Waals surface area contributed by atoms with Crippen molar-refractivity contribution in [3.8, 4) is 11.5 Å². The molecule has 0 aliphatic heterocycles. The maximum absolute atomic E-state index is 12.9. The van der Waals surface area contributed by atoms with Crippen molar-refractivity contribution in [1.29, 1.82) is 0 Å². The molecular weight excluding hydrogens is 347 g/mol. The van der Waals surface area contributed by atoms with Crippen LogP contribution in [0, 0.1) is 11.3 Å². The van der Waals surface area contributed by atoms with Crippen LogP contribution in [0.5, 0.6) is 11.5 Å². The molecule has 1 saturated carbocycles. The lowest BCUT2D eigenvalue weighted by Gasteiger charge is -2.50. The van der Waals surface area contributed by atoms with Gasteiger partial charge >= 0.3 is 7.12 Å². The molecule has 0 spiro atoms.